The van der Waals surface area contributed by atoms with Gasteiger partial charge in [0.1, 0.15) is 33.8 Å². The second-order valence-corrected chi connectivity index (χ2v) is 24.2. The van der Waals surface area contributed by atoms with Crippen LogP contribution in [-0.4, -0.2) is 15.8 Å². The third-order valence-corrected chi connectivity index (χ3v) is 18.4. The average molecular weight is 1090 g/mol. The van der Waals surface area contributed by atoms with E-state index in [-0.39, 0.29) is 12.1 Å². The van der Waals surface area contributed by atoms with Gasteiger partial charge >= 0.3 is 0 Å². The summed E-state index contributed by atoms with van der Waals surface area (Å²) in [7, 11) is 0. The van der Waals surface area contributed by atoms with E-state index in [1.165, 1.54) is 44.0 Å². The number of furan rings is 2. The molecule has 0 saturated heterocycles. The van der Waals surface area contributed by atoms with E-state index in [1.54, 1.807) is 0 Å². The highest BCUT2D eigenvalue weighted by molar-refractivity contribution is 6.99. The van der Waals surface area contributed by atoms with Gasteiger partial charge in [-0.1, -0.05) is 185 Å². The van der Waals surface area contributed by atoms with Gasteiger partial charge < -0.3 is 27.6 Å². The molecule has 402 valence electrons. The van der Waals surface area contributed by atoms with E-state index < -0.39 is 0 Å². The minimum atomic E-state index is -0.193. The summed E-state index contributed by atoms with van der Waals surface area (Å²) >= 11 is 0. The lowest BCUT2D eigenvalue weighted by Crippen LogP contribution is -2.59. The van der Waals surface area contributed by atoms with Gasteiger partial charge in [0.25, 0.3) is 6.71 Å². The van der Waals surface area contributed by atoms with Crippen LogP contribution < -0.4 is 26.0 Å². The molecule has 6 nitrogen and oxygen atoms in total. The predicted molar refractivity (Wildman–Crippen MR) is 354 cm³/mol. The molecule has 0 atom stereocenters. The Morgan fingerprint density at radius 1 is 0.435 bits per heavy atom. The normalized spacial score (nSPS) is 14.4. The minimum Gasteiger partial charge on any atom is -0.458 e. The van der Waals surface area contributed by atoms with Crippen molar-refractivity contribution in [2.45, 2.75) is 39.0 Å². The second kappa shape index (κ2) is 18.0. The van der Waals surface area contributed by atoms with E-state index in [0.29, 0.717) is 0 Å². The predicted octanol–water partition coefficient (Wildman–Crippen LogP) is 19.1. The molecule has 7 heteroatoms. The molecule has 4 aromatic heterocycles. The number of rotatable bonds is 5. The van der Waals surface area contributed by atoms with Gasteiger partial charge in [-0.2, -0.15) is 0 Å². The fraction of sp³-hybridized carbons (Fsp3) is 0.0769. The average Bonchev–Trinajstić information content (AvgIpc) is 1.67. The van der Waals surface area contributed by atoms with Crippen molar-refractivity contribution in [3.05, 3.63) is 260 Å². The number of para-hydroxylation sites is 5. The van der Waals surface area contributed by atoms with E-state index in [4.69, 9.17) is 13.6 Å². The molecule has 6 heterocycles. The van der Waals surface area contributed by atoms with Crippen LogP contribution in [0.2, 0.25) is 0 Å². The third-order valence-electron chi connectivity index (χ3n) is 18.4. The molecule has 1 aliphatic carbocycles. The summed E-state index contributed by atoms with van der Waals surface area (Å²) in [6.45, 7) is 6.73. The highest BCUT2D eigenvalue weighted by atomic mass is 16.5. The number of hydrogen-bond acceptors (Lipinski definition) is 4. The van der Waals surface area contributed by atoms with Crippen LogP contribution >= 0.6 is 0 Å². The Morgan fingerprint density at radius 2 is 1.11 bits per heavy atom. The molecule has 85 heavy (non-hydrogen) atoms. The molecule has 0 saturated carbocycles. The number of hydrogen-bond donors (Lipinski definition) is 0. The van der Waals surface area contributed by atoms with Crippen molar-refractivity contribution in [2.24, 2.45) is 0 Å². The zero-order valence-corrected chi connectivity index (χ0v) is 47.2. The molecule has 0 amide bonds. The maximum Gasteiger partial charge on any atom is 0.256 e. The SMILES string of the molecule is CC(C)(C)c1ccc(N2c3cc(-n4c5c(c6ccccc64)/C=C\C/C=C\C5)ccc3B3c4ccc(-n5c6ccccc6c6ccccc65)cc4Oc4cc(-c5cccc6c5oc5ccc7oc8ccccc8c7c56)cc2c43)c(-c2ccccc2)c1. The number of fused-ring (bicyclic) bond motifs is 17. The number of nitrogens with zero attached hydrogens (tertiary/aromatic N) is 3. The van der Waals surface area contributed by atoms with Crippen molar-refractivity contribution in [1.82, 2.24) is 9.13 Å². The maximum absolute atomic E-state index is 7.61. The Balaban J connectivity index is 0.942. The first-order valence-corrected chi connectivity index (χ1v) is 29.6. The molecular formula is C78H54BN3O3. The minimum absolute atomic E-state index is 0.108. The Labute approximate surface area is 491 Å². The van der Waals surface area contributed by atoms with E-state index >= 15 is 0 Å². The van der Waals surface area contributed by atoms with Crippen molar-refractivity contribution in [3.8, 4) is 45.1 Å². The largest absolute Gasteiger partial charge is 0.458 e. The monoisotopic (exact) mass is 1090 g/mol. The van der Waals surface area contributed by atoms with Crippen LogP contribution in [0.1, 0.15) is 44.0 Å². The summed E-state index contributed by atoms with van der Waals surface area (Å²) in [6.07, 6.45) is 11.0. The van der Waals surface area contributed by atoms with Gasteiger partial charge in [-0.05, 0) is 124 Å². The molecule has 15 aromatic rings. The highest BCUT2D eigenvalue weighted by Crippen LogP contribution is 2.50. The lowest BCUT2D eigenvalue weighted by molar-refractivity contribution is 0.487. The summed E-state index contributed by atoms with van der Waals surface area (Å²) in [4.78, 5) is 2.56. The third kappa shape index (κ3) is 7.07. The van der Waals surface area contributed by atoms with Crippen LogP contribution in [0.3, 0.4) is 0 Å². The topological polar surface area (TPSA) is 48.6 Å². The summed E-state index contributed by atoms with van der Waals surface area (Å²) in [6, 6.07) is 82.2. The number of allylic oxidation sites excluding steroid dienone is 3. The second-order valence-electron chi connectivity index (χ2n) is 24.2. The van der Waals surface area contributed by atoms with Gasteiger partial charge in [0.05, 0.1) is 22.2 Å². The highest BCUT2D eigenvalue weighted by Gasteiger charge is 2.43. The van der Waals surface area contributed by atoms with Crippen molar-refractivity contribution in [2.75, 3.05) is 4.90 Å². The van der Waals surface area contributed by atoms with E-state index in [9.17, 15) is 0 Å². The van der Waals surface area contributed by atoms with Gasteiger partial charge in [0, 0.05) is 95.3 Å². The van der Waals surface area contributed by atoms with E-state index in [1.807, 2.05) is 18.2 Å². The Bertz CT molecular complexity index is 5360. The molecule has 3 aliphatic rings. The van der Waals surface area contributed by atoms with E-state index in [0.717, 1.165) is 141 Å². The van der Waals surface area contributed by atoms with Crippen molar-refractivity contribution in [3.63, 3.8) is 0 Å². The molecular weight excluding hydrogens is 1040 g/mol. The molecule has 0 unspecified atom stereocenters. The van der Waals surface area contributed by atoms with Crippen molar-refractivity contribution in [1.29, 1.82) is 0 Å². The molecule has 0 bridgehead atoms. The standard InChI is InChI=1S/C78H54BN3O3/c1-78(2,3)49-34-39-66(59(44-49)47-20-7-6-8-21-47)82-67-45-50(80-62-29-10-5-4-9-22-53(62)54-23-11-15-30-63(54)80)35-37-60(67)79-61-38-36-51(81-64-31-16-12-24-55(64)56-25-13-17-32-65(56)81)46-72(61)84-73-43-48(42-68(82)76(73)79)52-27-19-28-58-75-71(85-77(52)58)41-40-70-74(75)57-26-14-18-33-69(57)83-70/h5-28,30-46H,4,29H2,1-3H3/b10-5-,22-9-. The first-order chi connectivity index (χ1) is 41.8. The van der Waals surface area contributed by atoms with Crippen LogP contribution in [-0.2, 0) is 11.8 Å². The van der Waals surface area contributed by atoms with Gasteiger partial charge in [0.15, 0.2) is 0 Å². The lowest BCUT2D eigenvalue weighted by atomic mass is 9.34. The van der Waals surface area contributed by atoms with Crippen LogP contribution in [0.15, 0.2) is 252 Å². The van der Waals surface area contributed by atoms with Gasteiger partial charge in [-0.3, -0.25) is 0 Å². The number of benzene rings is 11. The van der Waals surface area contributed by atoms with Crippen molar-refractivity contribution >= 4 is 123 Å². The number of anilines is 3. The van der Waals surface area contributed by atoms with Crippen molar-refractivity contribution < 1.29 is 13.6 Å². The first kappa shape index (κ1) is 48.1. The Hall–Kier alpha value is -10.5. The molecule has 18 rings (SSSR count). The molecule has 0 fully saturated rings. The van der Waals surface area contributed by atoms with Crippen LogP contribution in [0.25, 0.3) is 116 Å². The molecule has 0 spiro atoms. The summed E-state index contributed by atoms with van der Waals surface area (Å²) in [5.74, 6) is 1.64. The van der Waals surface area contributed by atoms with Crippen LogP contribution in [0.4, 0.5) is 17.1 Å². The zero-order valence-electron chi connectivity index (χ0n) is 47.2. The summed E-state index contributed by atoms with van der Waals surface area (Å²) < 4.78 is 26.1. The summed E-state index contributed by atoms with van der Waals surface area (Å²) in [5.41, 5.74) is 23.6. The molecule has 0 radical (unpaired) electrons. The van der Waals surface area contributed by atoms with Gasteiger partial charge in [0.2, 0.25) is 0 Å². The van der Waals surface area contributed by atoms with Crippen LogP contribution in [0, 0.1) is 0 Å². The fourth-order valence-corrected chi connectivity index (χ4v) is 14.5. The Morgan fingerprint density at radius 3 is 1.89 bits per heavy atom. The number of ether oxygens (including phenoxy) is 1. The fourth-order valence-electron chi connectivity index (χ4n) is 14.5. The molecule has 11 aromatic carbocycles. The zero-order chi connectivity index (χ0) is 56.2. The van der Waals surface area contributed by atoms with E-state index in [2.05, 4.69) is 265 Å². The smallest absolute Gasteiger partial charge is 0.256 e. The first-order valence-electron chi connectivity index (χ1n) is 29.6. The van der Waals surface area contributed by atoms with Crippen LogP contribution in [0.5, 0.6) is 11.5 Å². The quantitative estimate of drug-likeness (QED) is 0.127. The maximum atomic E-state index is 7.61. The Kier molecular flexibility index (Phi) is 10.2. The summed E-state index contributed by atoms with van der Waals surface area (Å²) in [5, 5.41) is 7.90. The van der Waals surface area contributed by atoms with Gasteiger partial charge in [-0.15, -0.1) is 0 Å². The molecule has 0 N–H and O–H groups in total. The lowest BCUT2D eigenvalue weighted by Gasteiger charge is -2.41. The number of aromatic nitrogens is 2. The molecule has 2 aliphatic heterocycles. The van der Waals surface area contributed by atoms with Gasteiger partial charge in [-0.25, -0.2) is 0 Å².